The molecule has 0 N–H and O–H groups in total. The summed E-state index contributed by atoms with van der Waals surface area (Å²) in [6.45, 7) is 1.48. The van der Waals surface area contributed by atoms with Crippen LogP contribution in [0.3, 0.4) is 0 Å². The number of amides is 1. The minimum absolute atomic E-state index is 0.0728. The van der Waals surface area contributed by atoms with E-state index in [2.05, 4.69) is 4.57 Å². The van der Waals surface area contributed by atoms with Crippen LogP contribution in [0.2, 0.25) is 0 Å². The fraction of sp³-hybridized carbons (Fsp3) is 0.421. The maximum absolute atomic E-state index is 13.1. The molecule has 1 amide bonds. The zero-order valence-corrected chi connectivity index (χ0v) is 14.0. The van der Waals surface area contributed by atoms with Crippen molar-refractivity contribution in [2.24, 2.45) is 5.92 Å². The standard InChI is InChI=1S/C19H21N3O3/c23-19(15-4-1-2-5-15)21-13-12-20-11-3-6-17(20)18(21)14-7-9-16(10-8-14)22(24)25/h3,6-11,15,18H,1-2,4-5,12-13H2/t18-/m0/s1. The molecule has 6 nitrogen and oxygen atoms in total. The fourth-order valence-electron chi connectivity index (χ4n) is 4.16. The summed E-state index contributed by atoms with van der Waals surface area (Å²) in [7, 11) is 0. The third kappa shape index (κ3) is 2.81. The lowest BCUT2D eigenvalue weighted by Gasteiger charge is -2.38. The van der Waals surface area contributed by atoms with Gasteiger partial charge in [0.05, 0.1) is 11.0 Å². The number of carbonyl (C=O) groups excluding carboxylic acids is 1. The van der Waals surface area contributed by atoms with Crippen molar-refractivity contribution in [1.29, 1.82) is 0 Å². The van der Waals surface area contributed by atoms with Gasteiger partial charge in [-0.15, -0.1) is 0 Å². The van der Waals surface area contributed by atoms with Gasteiger partial charge in [0.25, 0.3) is 5.69 Å². The molecule has 1 aliphatic carbocycles. The van der Waals surface area contributed by atoms with E-state index in [1.807, 2.05) is 23.2 Å². The van der Waals surface area contributed by atoms with Crippen molar-refractivity contribution in [3.8, 4) is 0 Å². The van der Waals surface area contributed by atoms with E-state index in [1.165, 1.54) is 12.1 Å². The van der Waals surface area contributed by atoms with Crippen molar-refractivity contribution in [1.82, 2.24) is 9.47 Å². The van der Waals surface area contributed by atoms with Gasteiger partial charge in [-0.25, -0.2) is 0 Å². The highest BCUT2D eigenvalue weighted by molar-refractivity contribution is 5.80. The molecule has 0 bridgehead atoms. The Labute approximate surface area is 146 Å². The van der Waals surface area contributed by atoms with Crippen molar-refractivity contribution < 1.29 is 9.72 Å². The zero-order valence-electron chi connectivity index (χ0n) is 14.0. The molecule has 1 saturated carbocycles. The van der Waals surface area contributed by atoms with Crippen LogP contribution in [0.5, 0.6) is 0 Å². The Kier molecular flexibility index (Phi) is 4.03. The lowest BCUT2D eigenvalue weighted by molar-refractivity contribution is -0.384. The quantitative estimate of drug-likeness (QED) is 0.635. The number of aromatic nitrogens is 1. The number of hydrogen-bond donors (Lipinski definition) is 0. The topological polar surface area (TPSA) is 68.4 Å². The number of nitro benzene ring substituents is 1. The van der Waals surface area contributed by atoms with Crippen LogP contribution in [0, 0.1) is 16.0 Å². The van der Waals surface area contributed by atoms with Crippen LogP contribution in [0.4, 0.5) is 5.69 Å². The van der Waals surface area contributed by atoms with Crippen LogP contribution in [0.1, 0.15) is 43.0 Å². The Morgan fingerprint density at radius 3 is 2.48 bits per heavy atom. The number of rotatable bonds is 3. The van der Waals surface area contributed by atoms with Crippen molar-refractivity contribution in [2.75, 3.05) is 6.54 Å². The number of non-ortho nitro benzene ring substituents is 1. The highest BCUT2D eigenvalue weighted by Gasteiger charge is 2.36. The highest BCUT2D eigenvalue weighted by Crippen LogP contribution is 2.36. The Hall–Kier alpha value is -2.63. The summed E-state index contributed by atoms with van der Waals surface area (Å²) in [5.74, 6) is 0.357. The molecule has 1 atom stereocenters. The van der Waals surface area contributed by atoms with E-state index in [4.69, 9.17) is 0 Å². The van der Waals surface area contributed by atoms with E-state index in [1.54, 1.807) is 12.1 Å². The number of benzene rings is 1. The molecule has 6 heteroatoms. The predicted octanol–water partition coefficient (Wildman–Crippen LogP) is 3.52. The van der Waals surface area contributed by atoms with Crippen molar-refractivity contribution in [3.05, 3.63) is 64.0 Å². The van der Waals surface area contributed by atoms with Gasteiger partial charge < -0.3 is 9.47 Å². The van der Waals surface area contributed by atoms with E-state index in [-0.39, 0.29) is 23.6 Å². The highest BCUT2D eigenvalue weighted by atomic mass is 16.6. The summed E-state index contributed by atoms with van der Waals surface area (Å²) >= 11 is 0. The molecule has 0 unspecified atom stereocenters. The molecule has 25 heavy (non-hydrogen) atoms. The van der Waals surface area contributed by atoms with E-state index >= 15 is 0 Å². The fourth-order valence-corrected chi connectivity index (χ4v) is 4.16. The summed E-state index contributed by atoms with van der Waals surface area (Å²) < 4.78 is 2.17. The summed E-state index contributed by atoms with van der Waals surface area (Å²) in [5, 5.41) is 10.9. The van der Waals surface area contributed by atoms with Gasteiger partial charge >= 0.3 is 0 Å². The molecule has 0 spiro atoms. The van der Waals surface area contributed by atoms with Crippen LogP contribution in [-0.2, 0) is 11.3 Å². The SMILES string of the molecule is O=C(C1CCCC1)N1CCn2cccc2[C@@H]1c1ccc([N+](=O)[O-])cc1. The van der Waals surface area contributed by atoms with Gasteiger partial charge in [0.1, 0.15) is 0 Å². The van der Waals surface area contributed by atoms with Crippen LogP contribution < -0.4 is 0 Å². The second-order valence-electron chi connectivity index (χ2n) is 6.89. The van der Waals surface area contributed by atoms with Crippen LogP contribution in [-0.4, -0.2) is 26.8 Å². The van der Waals surface area contributed by atoms with E-state index < -0.39 is 4.92 Å². The number of carbonyl (C=O) groups is 1. The summed E-state index contributed by atoms with van der Waals surface area (Å²) in [6, 6.07) is 10.5. The molecule has 4 rings (SSSR count). The second-order valence-corrected chi connectivity index (χ2v) is 6.89. The Balaban J connectivity index is 1.71. The summed E-state index contributed by atoms with van der Waals surface area (Å²) in [6.07, 6.45) is 6.24. The van der Waals surface area contributed by atoms with Gasteiger partial charge in [0.2, 0.25) is 5.91 Å². The number of hydrogen-bond acceptors (Lipinski definition) is 3. The Morgan fingerprint density at radius 1 is 1.08 bits per heavy atom. The molecule has 2 heterocycles. The van der Waals surface area contributed by atoms with Gasteiger partial charge in [-0.3, -0.25) is 14.9 Å². The first kappa shape index (κ1) is 15.9. The lowest BCUT2D eigenvalue weighted by atomic mass is 9.97. The Bertz CT molecular complexity index is 791. The molecule has 2 aromatic rings. The van der Waals surface area contributed by atoms with Crippen molar-refractivity contribution >= 4 is 11.6 Å². The molecule has 1 fully saturated rings. The lowest BCUT2D eigenvalue weighted by Crippen LogP contribution is -2.44. The third-order valence-corrected chi connectivity index (χ3v) is 5.45. The van der Waals surface area contributed by atoms with E-state index in [0.29, 0.717) is 6.54 Å². The third-order valence-electron chi connectivity index (χ3n) is 5.45. The molecule has 130 valence electrons. The van der Waals surface area contributed by atoms with Gasteiger partial charge in [0, 0.05) is 43.0 Å². The largest absolute Gasteiger partial charge is 0.348 e. The van der Waals surface area contributed by atoms with Crippen molar-refractivity contribution in [3.63, 3.8) is 0 Å². The summed E-state index contributed by atoms with van der Waals surface area (Å²) in [5.41, 5.74) is 2.08. The molecule has 0 radical (unpaired) electrons. The van der Waals surface area contributed by atoms with Crippen LogP contribution in [0.15, 0.2) is 42.6 Å². The number of nitrogens with zero attached hydrogens (tertiary/aromatic N) is 3. The maximum Gasteiger partial charge on any atom is 0.269 e. The normalized spacial score (nSPS) is 20.5. The minimum atomic E-state index is -0.394. The maximum atomic E-state index is 13.1. The average molecular weight is 339 g/mol. The molecule has 1 aromatic heterocycles. The number of nitro groups is 1. The second kappa shape index (κ2) is 6.35. The molecular formula is C19H21N3O3. The summed E-state index contributed by atoms with van der Waals surface area (Å²) in [4.78, 5) is 25.6. The van der Waals surface area contributed by atoms with E-state index in [0.717, 1.165) is 43.5 Å². The first-order valence-corrected chi connectivity index (χ1v) is 8.85. The van der Waals surface area contributed by atoms with Crippen LogP contribution >= 0.6 is 0 Å². The minimum Gasteiger partial charge on any atom is -0.348 e. The van der Waals surface area contributed by atoms with Gasteiger partial charge in [0.15, 0.2) is 0 Å². The first-order valence-electron chi connectivity index (χ1n) is 8.85. The monoisotopic (exact) mass is 339 g/mol. The van der Waals surface area contributed by atoms with Gasteiger partial charge in [-0.2, -0.15) is 0 Å². The average Bonchev–Trinajstić information content (AvgIpc) is 3.31. The molecule has 0 saturated heterocycles. The molecule has 1 aromatic carbocycles. The molecule has 1 aliphatic heterocycles. The van der Waals surface area contributed by atoms with Crippen LogP contribution in [0.25, 0.3) is 0 Å². The van der Waals surface area contributed by atoms with Gasteiger partial charge in [-0.1, -0.05) is 12.8 Å². The van der Waals surface area contributed by atoms with Gasteiger partial charge in [-0.05, 0) is 42.7 Å². The predicted molar refractivity (Wildman–Crippen MR) is 93.0 cm³/mol. The van der Waals surface area contributed by atoms with E-state index in [9.17, 15) is 14.9 Å². The molecule has 2 aliphatic rings. The Morgan fingerprint density at radius 2 is 1.80 bits per heavy atom. The van der Waals surface area contributed by atoms with Crippen molar-refractivity contribution in [2.45, 2.75) is 38.3 Å². The molecular weight excluding hydrogens is 318 g/mol. The smallest absolute Gasteiger partial charge is 0.269 e. The number of fused-ring (bicyclic) bond motifs is 1. The first-order chi connectivity index (χ1) is 12.1. The zero-order chi connectivity index (χ0) is 17.4.